The third-order valence-electron chi connectivity index (χ3n) is 3.61. The molecule has 0 spiro atoms. The topological polar surface area (TPSA) is 86.7 Å². The number of carbonyl (C=O) groups is 2. The molecule has 1 aromatic rings. The van der Waals surface area contributed by atoms with Crippen molar-refractivity contribution in [2.75, 3.05) is 29.9 Å². The molecule has 1 aliphatic rings. The standard InChI is InChI=1S/C14H18N2O4S/c1-9-7-11(8-12(10(9)2)13(17)18)15-14(19)16-3-5-21(20)6-4-16/h7-8H,3-6H2,1-2H3,(H,15,19)(H,17,18). The molecule has 0 saturated carbocycles. The Morgan fingerprint density at radius 3 is 2.43 bits per heavy atom. The summed E-state index contributed by atoms with van der Waals surface area (Å²) in [6.07, 6.45) is 0. The van der Waals surface area contributed by atoms with Gasteiger partial charge in [0.05, 0.1) is 5.56 Å². The molecule has 6 nitrogen and oxygen atoms in total. The van der Waals surface area contributed by atoms with Gasteiger partial charge < -0.3 is 15.3 Å². The summed E-state index contributed by atoms with van der Waals surface area (Å²) in [6, 6.07) is 2.93. The maximum absolute atomic E-state index is 12.1. The zero-order chi connectivity index (χ0) is 15.6. The number of urea groups is 1. The summed E-state index contributed by atoms with van der Waals surface area (Å²) in [5, 5.41) is 11.9. The summed E-state index contributed by atoms with van der Waals surface area (Å²) in [6.45, 7) is 4.45. The Kier molecular flexibility index (Phi) is 4.62. The number of hydrogen-bond acceptors (Lipinski definition) is 3. The lowest BCUT2D eigenvalue weighted by atomic mass is 10.0. The van der Waals surface area contributed by atoms with Crippen LogP contribution >= 0.6 is 0 Å². The number of aryl methyl sites for hydroxylation is 1. The third kappa shape index (κ3) is 3.60. The molecule has 0 aromatic heterocycles. The molecule has 0 aliphatic carbocycles. The van der Waals surface area contributed by atoms with Gasteiger partial charge in [0.2, 0.25) is 0 Å². The summed E-state index contributed by atoms with van der Waals surface area (Å²) in [5.74, 6) is -0.0402. The van der Waals surface area contributed by atoms with Crippen LogP contribution < -0.4 is 5.32 Å². The monoisotopic (exact) mass is 310 g/mol. The first-order chi connectivity index (χ1) is 9.88. The molecule has 1 heterocycles. The van der Waals surface area contributed by atoms with Crippen LogP contribution in [-0.4, -0.2) is 50.8 Å². The summed E-state index contributed by atoms with van der Waals surface area (Å²) in [5.41, 5.74) is 2.15. The van der Waals surface area contributed by atoms with Gasteiger partial charge in [-0.25, -0.2) is 9.59 Å². The fraction of sp³-hybridized carbons (Fsp3) is 0.429. The maximum atomic E-state index is 12.1. The zero-order valence-corrected chi connectivity index (χ0v) is 12.8. The smallest absolute Gasteiger partial charge is 0.336 e. The van der Waals surface area contributed by atoms with Crippen molar-refractivity contribution < 1.29 is 18.9 Å². The minimum Gasteiger partial charge on any atom is -0.478 e. The van der Waals surface area contributed by atoms with Gasteiger partial charge in [-0.15, -0.1) is 0 Å². The molecule has 21 heavy (non-hydrogen) atoms. The van der Waals surface area contributed by atoms with Crippen molar-refractivity contribution in [3.05, 3.63) is 28.8 Å². The number of carboxylic acids is 1. The predicted octanol–water partition coefficient (Wildman–Crippen LogP) is 1.60. The summed E-state index contributed by atoms with van der Waals surface area (Å²) in [7, 11) is -0.840. The van der Waals surface area contributed by atoms with Crippen molar-refractivity contribution in [2.45, 2.75) is 13.8 Å². The molecule has 0 radical (unpaired) electrons. The molecule has 0 atom stereocenters. The second kappa shape index (κ2) is 6.26. The second-order valence-electron chi connectivity index (χ2n) is 5.04. The van der Waals surface area contributed by atoms with E-state index >= 15 is 0 Å². The number of carboxylic acid groups (broad SMARTS) is 1. The van der Waals surface area contributed by atoms with Crippen molar-refractivity contribution in [1.29, 1.82) is 0 Å². The largest absolute Gasteiger partial charge is 0.478 e. The number of nitrogens with one attached hydrogen (secondary N) is 1. The van der Waals surface area contributed by atoms with E-state index in [1.165, 1.54) is 6.07 Å². The average Bonchev–Trinajstić information content (AvgIpc) is 2.43. The van der Waals surface area contributed by atoms with Crippen LogP contribution in [0.4, 0.5) is 10.5 Å². The van der Waals surface area contributed by atoms with Gasteiger partial charge in [0.15, 0.2) is 0 Å². The van der Waals surface area contributed by atoms with Crippen molar-refractivity contribution in [1.82, 2.24) is 4.90 Å². The molecular formula is C14H18N2O4S. The van der Waals surface area contributed by atoms with Gasteiger partial charge in [-0.3, -0.25) is 4.21 Å². The Balaban J connectivity index is 2.14. The highest BCUT2D eigenvalue weighted by molar-refractivity contribution is 7.85. The fourth-order valence-electron chi connectivity index (χ4n) is 2.20. The number of hydrogen-bond donors (Lipinski definition) is 2. The first kappa shape index (κ1) is 15.5. The van der Waals surface area contributed by atoms with Crippen LogP contribution in [-0.2, 0) is 10.8 Å². The molecule has 1 saturated heterocycles. The molecule has 0 unspecified atom stereocenters. The molecule has 1 aliphatic heterocycles. The summed E-state index contributed by atoms with van der Waals surface area (Å²) < 4.78 is 11.3. The third-order valence-corrected chi connectivity index (χ3v) is 4.89. The Hall–Kier alpha value is -1.89. The molecular weight excluding hydrogens is 292 g/mol. The van der Waals surface area contributed by atoms with Crippen LogP contribution in [0.15, 0.2) is 12.1 Å². The number of anilines is 1. The van der Waals surface area contributed by atoms with E-state index in [-0.39, 0.29) is 11.6 Å². The normalized spacial score (nSPS) is 15.8. The van der Waals surface area contributed by atoms with E-state index in [4.69, 9.17) is 5.11 Å². The van der Waals surface area contributed by atoms with Crippen LogP contribution in [0.25, 0.3) is 0 Å². The van der Waals surface area contributed by atoms with Gasteiger partial charge in [0, 0.05) is 41.1 Å². The molecule has 1 aromatic carbocycles. The molecule has 0 bridgehead atoms. The average molecular weight is 310 g/mol. The number of benzene rings is 1. The first-order valence-corrected chi connectivity index (χ1v) is 8.12. The number of rotatable bonds is 2. The van der Waals surface area contributed by atoms with Gasteiger partial charge in [-0.1, -0.05) is 0 Å². The van der Waals surface area contributed by atoms with E-state index in [1.807, 2.05) is 6.92 Å². The number of aromatic carboxylic acids is 1. The van der Waals surface area contributed by atoms with Gasteiger partial charge in [-0.2, -0.15) is 0 Å². The van der Waals surface area contributed by atoms with E-state index in [0.717, 1.165) is 5.56 Å². The molecule has 2 amide bonds. The fourth-order valence-corrected chi connectivity index (χ4v) is 3.25. The molecule has 114 valence electrons. The van der Waals surface area contributed by atoms with Crippen LogP contribution in [0.1, 0.15) is 21.5 Å². The highest BCUT2D eigenvalue weighted by Gasteiger charge is 2.20. The Morgan fingerprint density at radius 2 is 1.86 bits per heavy atom. The Labute approximate surface area is 125 Å². The van der Waals surface area contributed by atoms with E-state index in [0.29, 0.717) is 35.8 Å². The molecule has 7 heteroatoms. The van der Waals surface area contributed by atoms with Crippen LogP contribution in [0.2, 0.25) is 0 Å². The second-order valence-corrected chi connectivity index (χ2v) is 6.73. The Morgan fingerprint density at radius 1 is 1.24 bits per heavy atom. The van der Waals surface area contributed by atoms with Crippen molar-refractivity contribution >= 4 is 28.5 Å². The SMILES string of the molecule is Cc1cc(NC(=O)N2CCS(=O)CC2)cc(C(=O)O)c1C. The highest BCUT2D eigenvalue weighted by Crippen LogP contribution is 2.20. The van der Waals surface area contributed by atoms with Crippen molar-refractivity contribution in [2.24, 2.45) is 0 Å². The number of nitrogens with zero attached hydrogens (tertiary/aromatic N) is 1. The van der Waals surface area contributed by atoms with Crippen LogP contribution in [0.3, 0.4) is 0 Å². The maximum Gasteiger partial charge on any atom is 0.336 e. The van der Waals surface area contributed by atoms with Crippen LogP contribution in [0, 0.1) is 13.8 Å². The quantitative estimate of drug-likeness (QED) is 0.868. The van der Waals surface area contributed by atoms with Gasteiger partial charge >= 0.3 is 12.0 Å². The minimum atomic E-state index is -1.01. The Bertz CT molecular complexity index is 605. The number of amides is 2. The van der Waals surface area contributed by atoms with Gasteiger partial charge in [0.25, 0.3) is 0 Å². The van der Waals surface area contributed by atoms with E-state index in [2.05, 4.69) is 5.32 Å². The lowest BCUT2D eigenvalue weighted by Gasteiger charge is -2.26. The van der Waals surface area contributed by atoms with Gasteiger partial charge in [-0.05, 0) is 37.1 Å². The highest BCUT2D eigenvalue weighted by atomic mass is 32.2. The van der Waals surface area contributed by atoms with E-state index in [9.17, 15) is 13.8 Å². The predicted molar refractivity (Wildman–Crippen MR) is 81.3 cm³/mol. The van der Waals surface area contributed by atoms with E-state index < -0.39 is 16.8 Å². The number of carbonyl (C=O) groups excluding carboxylic acids is 1. The molecule has 1 fully saturated rings. The zero-order valence-electron chi connectivity index (χ0n) is 12.0. The van der Waals surface area contributed by atoms with Gasteiger partial charge in [0.1, 0.15) is 0 Å². The molecule has 2 N–H and O–H groups in total. The van der Waals surface area contributed by atoms with E-state index in [1.54, 1.807) is 17.9 Å². The van der Waals surface area contributed by atoms with Crippen LogP contribution in [0.5, 0.6) is 0 Å². The van der Waals surface area contributed by atoms with Crippen molar-refractivity contribution in [3.8, 4) is 0 Å². The molecule has 2 rings (SSSR count). The first-order valence-electron chi connectivity index (χ1n) is 6.64. The summed E-state index contributed by atoms with van der Waals surface area (Å²) >= 11 is 0. The lowest BCUT2D eigenvalue weighted by Crippen LogP contribution is -2.44. The summed E-state index contributed by atoms with van der Waals surface area (Å²) in [4.78, 5) is 24.9. The van der Waals surface area contributed by atoms with Crippen molar-refractivity contribution in [3.63, 3.8) is 0 Å². The lowest BCUT2D eigenvalue weighted by molar-refractivity contribution is 0.0696. The minimum absolute atomic E-state index is 0.185.